The van der Waals surface area contributed by atoms with Gasteiger partial charge in [-0.2, -0.15) is 0 Å². The van der Waals surface area contributed by atoms with Crippen molar-refractivity contribution in [3.63, 3.8) is 0 Å². The number of anilines is 1. The highest BCUT2D eigenvalue weighted by molar-refractivity contribution is 7.99. The van der Waals surface area contributed by atoms with Crippen LogP contribution in [0.15, 0.2) is 95.4 Å². The number of imide groups is 2. The zero-order valence-corrected chi connectivity index (χ0v) is 22.3. The number of carbonyl (C=O) groups excluding carboxylic acids is 3. The summed E-state index contributed by atoms with van der Waals surface area (Å²) in [6.07, 6.45) is 1.44. The number of thioether (sulfide) groups is 1. The van der Waals surface area contributed by atoms with Crippen LogP contribution in [0, 0.1) is 6.92 Å². The van der Waals surface area contributed by atoms with Gasteiger partial charge < -0.3 is 9.47 Å². The minimum atomic E-state index is -0.784. The summed E-state index contributed by atoms with van der Waals surface area (Å²) in [7, 11) is 1.53. The van der Waals surface area contributed by atoms with E-state index in [9.17, 15) is 14.4 Å². The maximum Gasteiger partial charge on any atom is 0.335 e. The third-order valence-electron chi connectivity index (χ3n) is 6.24. The van der Waals surface area contributed by atoms with E-state index in [0.29, 0.717) is 29.4 Å². The molecular formula is C31H26N2O5S. The first-order valence-corrected chi connectivity index (χ1v) is 13.3. The Balaban J connectivity index is 1.29. The number of rotatable bonds is 8. The minimum absolute atomic E-state index is 0.155. The molecule has 8 heteroatoms. The van der Waals surface area contributed by atoms with Crippen molar-refractivity contribution in [3.05, 3.63) is 102 Å². The molecule has 0 radical (unpaired) electrons. The Labute approximate surface area is 230 Å². The predicted molar refractivity (Wildman–Crippen MR) is 153 cm³/mol. The summed E-state index contributed by atoms with van der Waals surface area (Å²) < 4.78 is 11.5. The molecule has 1 fully saturated rings. The molecule has 0 bridgehead atoms. The van der Waals surface area contributed by atoms with Gasteiger partial charge in [-0.05, 0) is 59.7 Å². The van der Waals surface area contributed by atoms with Crippen molar-refractivity contribution in [2.24, 2.45) is 0 Å². The van der Waals surface area contributed by atoms with Crippen LogP contribution in [0.2, 0.25) is 0 Å². The van der Waals surface area contributed by atoms with Crippen LogP contribution in [0.5, 0.6) is 11.5 Å². The van der Waals surface area contributed by atoms with Crippen molar-refractivity contribution in [2.45, 2.75) is 11.8 Å². The molecule has 0 unspecified atom stereocenters. The van der Waals surface area contributed by atoms with Crippen LogP contribution in [-0.2, 0) is 9.59 Å². The lowest BCUT2D eigenvalue weighted by Gasteiger charge is -2.26. The topological polar surface area (TPSA) is 84.9 Å². The van der Waals surface area contributed by atoms with E-state index >= 15 is 0 Å². The average Bonchev–Trinajstić information content (AvgIpc) is 2.94. The van der Waals surface area contributed by atoms with Gasteiger partial charge in [-0.25, -0.2) is 9.69 Å². The molecular weight excluding hydrogens is 512 g/mol. The molecule has 39 heavy (non-hydrogen) atoms. The lowest BCUT2D eigenvalue weighted by Crippen LogP contribution is -2.54. The van der Waals surface area contributed by atoms with E-state index in [0.717, 1.165) is 16.2 Å². The molecule has 4 aromatic carbocycles. The molecule has 0 saturated carbocycles. The highest BCUT2D eigenvalue weighted by Crippen LogP contribution is 2.31. The fourth-order valence-electron chi connectivity index (χ4n) is 4.27. The summed E-state index contributed by atoms with van der Waals surface area (Å²) in [5.41, 5.74) is 1.76. The summed E-state index contributed by atoms with van der Waals surface area (Å²) in [6.45, 7) is 2.36. The number of carbonyl (C=O) groups is 3. The molecule has 0 aromatic heterocycles. The standard InChI is InChI=1S/C31H26N2O5S/c1-20-10-13-23(14-11-20)33-30(35)25(29(34)32-31(33)36)18-21-12-15-26(27(19-21)37-2)38-16-17-39-28-9-5-7-22-6-3-4-8-24(22)28/h3-15,18-19H,16-17H2,1-2H3,(H,32,34,36)/b25-18+. The summed E-state index contributed by atoms with van der Waals surface area (Å²) in [5, 5.41) is 4.65. The first kappa shape index (κ1) is 26.1. The summed E-state index contributed by atoms with van der Waals surface area (Å²) in [6, 6.07) is 25.8. The number of nitrogens with one attached hydrogen (secondary N) is 1. The Morgan fingerprint density at radius 3 is 2.46 bits per heavy atom. The summed E-state index contributed by atoms with van der Waals surface area (Å²) in [5.74, 6) is 0.305. The van der Waals surface area contributed by atoms with Gasteiger partial charge in [0, 0.05) is 10.6 Å². The SMILES string of the molecule is COc1cc(/C=C2\C(=O)NC(=O)N(c3ccc(C)cc3)C2=O)ccc1OCCSc1cccc2ccccc12. The third kappa shape index (κ3) is 5.66. The van der Waals surface area contributed by atoms with Gasteiger partial charge in [0.05, 0.1) is 19.4 Å². The Kier molecular flexibility index (Phi) is 7.65. The van der Waals surface area contributed by atoms with Crippen LogP contribution in [0.25, 0.3) is 16.8 Å². The smallest absolute Gasteiger partial charge is 0.335 e. The second-order valence-corrected chi connectivity index (χ2v) is 10.0. The number of hydrogen-bond donors (Lipinski definition) is 1. The lowest BCUT2D eigenvalue weighted by atomic mass is 10.1. The van der Waals surface area contributed by atoms with Crippen LogP contribution >= 0.6 is 11.8 Å². The molecule has 196 valence electrons. The molecule has 1 aliphatic rings. The number of fused-ring (bicyclic) bond motifs is 1. The van der Waals surface area contributed by atoms with Gasteiger partial charge in [0.25, 0.3) is 11.8 Å². The van der Waals surface area contributed by atoms with Crippen molar-refractivity contribution in [3.8, 4) is 11.5 Å². The molecule has 0 spiro atoms. The molecule has 5 rings (SSSR count). The number of methoxy groups -OCH3 is 1. The van der Waals surface area contributed by atoms with Gasteiger partial charge in [0.1, 0.15) is 5.57 Å². The lowest BCUT2D eigenvalue weighted by molar-refractivity contribution is -0.122. The van der Waals surface area contributed by atoms with Crippen molar-refractivity contribution >= 4 is 52.1 Å². The quantitative estimate of drug-likeness (QED) is 0.128. The summed E-state index contributed by atoms with van der Waals surface area (Å²) >= 11 is 1.72. The number of amides is 4. The fraction of sp³-hybridized carbons (Fsp3) is 0.129. The highest BCUT2D eigenvalue weighted by atomic mass is 32.2. The van der Waals surface area contributed by atoms with Gasteiger partial charge >= 0.3 is 6.03 Å². The zero-order valence-electron chi connectivity index (χ0n) is 21.5. The Morgan fingerprint density at radius 2 is 1.67 bits per heavy atom. The number of urea groups is 1. The van der Waals surface area contributed by atoms with E-state index in [1.54, 1.807) is 54.2 Å². The molecule has 1 aliphatic heterocycles. The van der Waals surface area contributed by atoms with E-state index in [2.05, 4.69) is 35.6 Å². The molecule has 4 aromatic rings. The monoisotopic (exact) mass is 538 g/mol. The normalized spacial score (nSPS) is 14.6. The molecule has 1 saturated heterocycles. The van der Waals surface area contributed by atoms with Gasteiger partial charge in [-0.15, -0.1) is 11.8 Å². The molecule has 7 nitrogen and oxygen atoms in total. The number of hydrogen-bond acceptors (Lipinski definition) is 6. The molecule has 0 atom stereocenters. The van der Waals surface area contributed by atoms with Crippen LogP contribution in [-0.4, -0.2) is 37.3 Å². The largest absolute Gasteiger partial charge is 0.493 e. The fourth-order valence-corrected chi connectivity index (χ4v) is 5.17. The van der Waals surface area contributed by atoms with Crippen molar-refractivity contribution in [2.75, 3.05) is 24.4 Å². The van der Waals surface area contributed by atoms with Gasteiger partial charge in [-0.3, -0.25) is 14.9 Å². The third-order valence-corrected chi connectivity index (χ3v) is 7.28. The van der Waals surface area contributed by atoms with E-state index in [1.165, 1.54) is 28.9 Å². The van der Waals surface area contributed by atoms with E-state index in [4.69, 9.17) is 9.47 Å². The maximum absolute atomic E-state index is 13.1. The van der Waals surface area contributed by atoms with Gasteiger partial charge in [-0.1, -0.05) is 60.2 Å². The van der Waals surface area contributed by atoms with Crippen LogP contribution in [0.1, 0.15) is 11.1 Å². The van der Waals surface area contributed by atoms with Gasteiger partial charge in [0.15, 0.2) is 11.5 Å². The van der Waals surface area contributed by atoms with Crippen molar-refractivity contribution in [1.29, 1.82) is 0 Å². The zero-order chi connectivity index (χ0) is 27.4. The number of benzene rings is 4. The Morgan fingerprint density at radius 1 is 0.897 bits per heavy atom. The van der Waals surface area contributed by atoms with Crippen LogP contribution < -0.4 is 19.7 Å². The van der Waals surface area contributed by atoms with Crippen molar-refractivity contribution < 1.29 is 23.9 Å². The average molecular weight is 539 g/mol. The number of aryl methyl sites for hydroxylation is 1. The maximum atomic E-state index is 13.1. The van der Waals surface area contributed by atoms with Crippen molar-refractivity contribution in [1.82, 2.24) is 5.32 Å². The molecule has 0 aliphatic carbocycles. The molecule has 1 N–H and O–H groups in total. The minimum Gasteiger partial charge on any atom is -0.493 e. The molecule has 1 heterocycles. The molecule has 4 amide bonds. The second kappa shape index (κ2) is 11.4. The van der Waals surface area contributed by atoms with E-state index < -0.39 is 17.8 Å². The van der Waals surface area contributed by atoms with E-state index in [1.807, 2.05) is 19.1 Å². The number of nitrogens with zero attached hydrogens (tertiary/aromatic N) is 1. The summed E-state index contributed by atoms with van der Waals surface area (Å²) in [4.78, 5) is 40.3. The second-order valence-electron chi connectivity index (χ2n) is 8.88. The Hall–Kier alpha value is -4.56. The first-order valence-electron chi connectivity index (χ1n) is 12.3. The predicted octanol–water partition coefficient (Wildman–Crippen LogP) is 5.99. The van der Waals surface area contributed by atoms with Gasteiger partial charge in [0.2, 0.25) is 0 Å². The van der Waals surface area contributed by atoms with Crippen LogP contribution in [0.4, 0.5) is 10.5 Å². The van der Waals surface area contributed by atoms with E-state index in [-0.39, 0.29) is 5.57 Å². The highest BCUT2D eigenvalue weighted by Gasteiger charge is 2.36. The number of ether oxygens (including phenoxy) is 2. The first-order chi connectivity index (χ1) is 18.9. The number of barbiturate groups is 1. The van der Waals surface area contributed by atoms with Crippen LogP contribution in [0.3, 0.4) is 0 Å². The Bertz CT molecular complexity index is 1590.